The Kier molecular flexibility index (Phi) is 15.6. The monoisotopic (exact) mass is 837 g/mol. The summed E-state index contributed by atoms with van der Waals surface area (Å²) in [6.07, 6.45) is 8.73. The highest BCUT2D eigenvalue weighted by molar-refractivity contribution is 6.90. The lowest BCUT2D eigenvalue weighted by Gasteiger charge is -2.71. The smallest absolute Gasteiger partial charge is 0.0830 e. The summed E-state index contributed by atoms with van der Waals surface area (Å²) in [4.78, 5) is 0. The molecule has 2 aromatic rings. The Hall–Kier alpha value is -2.77. The van der Waals surface area contributed by atoms with Crippen molar-refractivity contribution in [2.45, 2.75) is 191 Å². The summed E-state index contributed by atoms with van der Waals surface area (Å²) in [5, 5.41) is 0.666. The third-order valence-corrected chi connectivity index (χ3v) is 29.5. The van der Waals surface area contributed by atoms with Crippen LogP contribution in [0.4, 0.5) is 0 Å². The SMILES string of the molecule is C.C.CCC1=Cc2ccccc2C12CC1(C(C)=C(C)C(C)=C1C)[Si]2(C)CC(C)(C)C.CCC1=Cc2ccccc2C1[Si](C)(CC(C)(C)C)C1C(C)=C(C)C(C)=C1C.O.O. The molecule has 0 bridgehead atoms. The van der Waals surface area contributed by atoms with Crippen molar-refractivity contribution in [1.82, 2.24) is 0 Å². The molecular weight excluding hydrogens is 749 g/mol. The van der Waals surface area contributed by atoms with Gasteiger partial charge in [0.15, 0.2) is 0 Å². The Morgan fingerprint density at radius 2 is 1.12 bits per heavy atom. The predicted octanol–water partition coefficient (Wildman–Crippen LogP) is 16.1. The topological polar surface area (TPSA) is 63.0 Å². The molecule has 0 radical (unpaired) electrons. The van der Waals surface area contributed by atoms with Gasteiger partial charge in [-0.1, -0.05) is 190 Å². The van der Waals surface area contributed by atoms with Gasteiger partial charge in [0.25, 0.3) is 0 Å². The van der Waals surface area contributed by atoms with E-state index in [2.05, 4.69) is 185 Å². The van der Waals surface area contributed by atoms with Crippen molar-refractivity contribution in [3.63, 3.8) is 0 Å². The van der Waals surface area contributed by atoms with Crippen molar-refractivity contribution in [2.24, 2.45) is 10.8 Å². The minimum absolute atomic E-state index is 0. The van der Waals surface area contributed by atoms with Crippen molar-refractivity contribution >= 4 is 28.3 Å². The zero-order chi connectivity index (χ0) is 40.8. The Morgan fingerprint density at radius 1 is 0.627 bits per heavy atom. The minimum Gasteiger partial charge on any atom is -0.412 e. The largest absolute Gasteiger partial charge is 0.412 e. The average molecular weight is 837 g/mol. The molecule has 1 aliphatic heterocycles. The van der Waals surface area contributed by atoms with Crippen LogP contribution in [-0.4, -0.2) is 27.1 Å². The van der Waals surface area contributed by atoms with Gasteiger partial charge in [0.2, 0.25) is 0 Å². The van der Waals surface area contributed by atoms with Gasteiger partial charge < -0.3 is 11.0 Å². The van der Waals surface area contributed by atoms with Crippen LogP contribution < -0.4 is 0 Å². The summed E-state index contributed by atoms with van der Waals surface area (Å²) >= 11 is 0. The maximum absolute atomic E-state index is 2.77. The summed E-state index contributed by atoms with van der Waals surface area (Å²) < 4.78 is 0. The van der Waals surface area contributed by atoms with Crippen molar-refractivity contribution < 1.29 is 11.0 Å². The first-order valence-corrected chi connectivity index (χ1v) is 27.4. The van der Waals surface area contributed by atoms with Crippen molar-refractivity contribution in [3.05, 3.63) is 127 Å². The molecule has 0 aromatic heterocycles. The third kappa shape index (κ3) is 7.63. The molecule has 7 rings (SSSR count). The lowest BCUT2D eigenvalue weighted by atomic mass is 9.76. The van der Waals surface area contributed by atoms with Crippen LogP contribution in [0.25, 0.3) is 12.2 Å². The number of hydrogen-bond donors (Lipinski definition) is 0. The van der Waals surface area contributed by atoms with E-state index in [-0.39, 0.29) is 25.8 Å². The van der Waals surface area contributed by atoms with E-state index in [1.165, 1.54) is 42.5 Å². The van der Waals surface area contributed by atoms with Crippen LogP contribution >= 0.6 is 0 Å². The van der Waals surface area contributed by atoms with Crippen molar-refractivity contribution in [3.8, 4) is 0 Å². The van der Waals surface area contributed by atoms with E-state index in [1.807, 2.05) is 0 Å². The van der Waals surface area contributed by atoms with E-state index >= 15 is 0 Å². The Labute approximate surface area is 366 Å². The molecule has 5 aliphatic rings. The highest BCUT2D eigenvalue weighted by Gasteiger charge is 2.76. The molecule has 4 aliphatic carbocycles. The minimum atomic E-state index is -1.80. The first kappa shape index (κ1) is 52.4. The second-order valence-electron chi connectivity index (χ2n) is 21.6. The van der Waals surface area contributed by atoms with Gasteiger partial charge in [-0.2, -0.15) is 0 Å². The van der Waals surface area contributed by atoms with Gasteiger partial charge in [-0.25, -0.2) is 0 Å². The fourth-order valence-corrected chi connectivity index (χ4v) is 29.9. The van der Waals surface area contributed by atoms with Crippen LogP contribution in [0.3, 0.4) is 0 Å². The summed E-state index contributed by atoms with van der Waals surface area (Å²) in [7, 11) is -3.54. The first-order valence-electron chi connectivity index (χ1n) is 21.8. The van der Waals surface area contributed by atoms with Crippen LogP contribution in [0.15, 0.2) is 104 Å². The van der Waals surface area contributed by atoms with Crippen molar-refractivity contribution in [2.75, 3.05) is 0 Å². The van der Waals surface area contributed by atoms with Crippen molar-refractivity contribution in [1.29, 1.82) is 0 Å². The Morgan fingerprint density at radius 3 is 1.59 bits per heavy atom. The number of allylic oxidation sites excluding steroid dienone is 10. The lowest BCUT2D eigenvalue weighted by Crippen LogP contribution is -2.73. The maximum Gasteiger partial charge on any atom is 0.0830 e. The normalized spacial score (nSPS) is 25.2. The van der Waals surface area contributed by atoms with E-state index in [9.17, 15) is 0 Å². The van der Waals surface area contributed by atoms with E-state index in [0.29, 0.717) is 32.0 Å². The molecule has 2 aromatic carbocycles. The Balaban J connectivity index is 0.000000381. The zero-order valence-electron chi connectivity index (χ0n) is 39.5. The van der Waals surface area contributed by atoms with Crippen LogP contribution in [0.1, 0.15) is 173 Å². The van der Waals surface area contributed by atoms with Crippen LogP contribution in [-0.2, 0) is 5.04 Å². The zero-order valence-corrected chi connectivity index (χ0v) is 41.5. The second kappa shape index (κ2) is 17.5. The van der Waals surface area contributed by atoms with E-state index in [4.69, 9.17) is 0 Å². The molecule has 4 atom stereocenters. The molecule has 0 saturated carbocycles. The van der Waals surface area contributed by atoms with Gasteiger partial charge in [0, 0.05) is 15.6 Å². The second-order valence-corrected chi connectivity index (χ2v) is 30.8. The van der Waals surface area contributed by atoms with E-state index < -0.39 is 16.1 Å². The van der Waals surface area contributed by atoms with E-state index in [0.717, 1.165) is 0 Å². The number of hydrogen-bond acceptors (Lipinski definition) is 0. The van der Waals surface area contributed by atoms with E-state index in [1.54, 1.807) is 66.9 Å². The molecule has 4 heteroatoms. The highest BCUT2D eigenvalue weighted by Crippen LogP contribution is 2.80. The molecule has 4 unspecified atom stereocenters. The standard InChI is InChI=1S/C27H38Si.C26H38Si.2CH4.2H2O/c1-10-23-15-22-13-11-12-14-24(22)27(23)16-26(28(27,9)17-25(6,7)8)20(4)18(2)19(3)21(26)5;1-10-21-15-22-13-11-12-14-23(22)25(21)27(9,16-26(6,7)8)24-19(4)17(2)18(3)20(24)5;;;;/h11-15H,10,16-17H2,1-9H3;11-15,24-25H,10,16H2,1-9H3;2*1H4;2*1H2. The van der Waals surface area contributed by atoms with Gasteiger partial charge >= 0.3 is 0 Å². The quantitative estimate of drug-likeness (QED) is 0.260. The third-order valence-electron chi connectivity index (χ3n) is 16.2. The first-order chi connectivity index (χ1) is 25.5. The van der Waals surface area contributed by atoms with Gasteiger partial charge in [0.1, 0.15) is 0 Å². The lowest BCUT2D eigenvalue weighted by molar-refractivity contribution is 0.372. The molecule has 1 saturated heterocycles. The number of benzene rings is 2. The summed E-state index contributed by atoms with van der Waals surface area (Å²) in [6, 6.07) is 21.2. The number of rotatable bonds is 6. The van der Waals surface area contributed by atoms with Crippen LogP contribution in [0, 0.1) is 10.8 Å². The van der Waals surface area contributed by atoms with Gasteiger partial charge in [-0.05, 0) is 136 Å². The highest BCUT2D eigenvalue weighted by atomic mass is 28.3. The summed E-state index contributed by atoms with van der Waals surface area (Å²) in [6.45, 7) is 44.2. The van der Waals surface area contributed by atoms with Crippen LogP contribution in [0.2, 0.25) is 35.8 Å². The predicted molar refractivity (Wildman–Crippen MR) is 271 cm³/mol. The molecule has 59 heavy (non-hydrogen) atoms. The molecule has 1 fully saturated rings. The van der Waals surface area contributed by atoms with Gasteiger partial charge in [-0.3, -0.25) is 0 Å². The fraction of sp³-hybridized carbons (Fsp3) is 0.564. The molecule has 2 spiro atoms. The molecule has 2 nitrogen and oxygen atoms in total. The molecule has 4 N–H and O–H groups in total. The van der Waals surface area contributed by atoms with Gasteiger partial charge in [0.05, 0.1) is 16.1 Å². The molecular formula is C55H88O2Si2. The number of fused-ring (bicyclic) bond motifs is 3. The Bertz CT molecular complexity index is 2060. The molecule has 328 valence electrons. The molecule has 0 amide bonds. The summed E-state index contributed by atoms with van der Waals surface area (Å²) in [5.41, 5.74) is 24.6. The molecule has 1 heterocycles. The van der Waals surface area contributed by atoms with Gasteiger partial charge in [-0.15, -0.1) is 0 Å². The van der Waals surface area contributed by atoms with Crippen LogP contribution in [0.5, 0.6) is 0 Å². The summed E-state index contributed by atoms with van der Waals surface area (Å²) in [5.74, 6) is 0. The average Bonchev–Trinajstić information content (AvgIpc) is 3.77. The fourth-order valence-electron chi connectivity index (χ4n) is 14.1. The maximum atomic E-state index is 2.77.